The number of aromatic nitrogens is 1. The van der Waals surface area contributed by atoms with E-state index in [9.17, 15) is 9.59 Å². The summed E-state index contributed by atoms with van der Waals surface area (Å²) in [5, 5.41) is 7.09. The third-order valence-electron chi connectivity index (χ3n) is 3.72. The van der Waals surface area contributed by atoms with Crippen LogP contribution >= 0.6 is 22.7 Å². The van der Waals surface area contributed by atoms with Crippen molar-refractivity contribution in [2.24, 2.45) is 0 Å². The van der Waals surface area contributed by atoms with Crippen molar-refractivity contribution in [3.63, 3.8) is 0 Å². The number of amides is 1. The van der Waals surface area contributed by atoms with Crippen LogP contribution in [0.2, 0.25) is 0 Å². The lowest BCUT2D eigenvalue weighted by Gasteiger charge is -2.13. The number of thiazole rings is 1. The third kappa shape index (κ3) is 4.93. The fourth-order valence-electron chi connectivity index (χ4n) is 2.23. The predicted molar refractivity (Wildman–Crippen MR) is 105 cm³/mol. The first-order valence-corrected chi connectivity index (χ1v) is 9.94. The molecule has 0 unspecified atom stereocenters. The van der Waals surface area contributed by atoms with Crippen molar-refractivity contribution in [2.75, 3.05) is 7.11 Å². The van der Waals surface area contributed by atoms with E-state index in [1.165, 1.54) is 18.3 Å². The molecule has 1 atom stereocenters. The van der Waals surface area contributed by atoms with E-state index >= 15 is 0 Å². The van der Waals surface area contributed by atoms with Crippen LogP contribution in [0.15, 0.2) is 47.2 Å². The minimum Gasteiger partial charge on any atom is -0.497 e. The van der Waals surface area contributed by atoms with Gasteiger partial charge in [0.2, 0.25) is 0 Å². The number of hydrogen-bond acceptors (Lipinski definition) is 7. The van der Waals surface area contributed by atoms with Crippen LogP contribution in [0.4, 0.5) is 0 Å². The summed E-state index contributed by atoms with van der Waals surface area (Å²) in [5.74, 6) is -0.230. The van der Waals surface area contributed by atoms with Gasteiger partial charge in [0.25, 0.3) is 5.91 Å². The molecule has 0 aliphatic heterocycles. The zero-order valence-corrected chi connectivity index (χ0v) is 16.4. The molecule has 0 radical (unpaired) electrons. The Kier molecular flexibility index (Phi) is 6.20. The van der Waals surface area contributed by atoms with Gasteiger partial charge in [-0.05, 0) is 36.1 Å². The molecule has 3 rings (SSSR count). The zero-order chi connectivity index (χ0) is 19.2. The van der Waals surface area contributed by atoms with Gasteiger partial charge in [-0.15, -0.1) is 22.7 Å². The quantitative estimate of drug-likeness (QED) is 0.609. The summed E-state index contributed by atoms with van der Waals surface area (Å²) in [7, 11) is 1.60. The molecule has 0 aliphatic rings. The molecular formula is C19H18N2O4S2. The number of carbonyl (C=O) groups excluding carboxylic acids is 2. The second-order valence-electron chi connectivity index (χ2n) is 5.63. The smallest absolute Gasteiger partial charge is 0.358 e. The van der Waals surface area contributed by atoms with E-state index in [-0.39, 0.29) is 11.6 Å². The normalized spacial score (nSPS) is 11.6. The number of esters is 1. The van der Waals surface area contributed by atoms with Crippen LogP contribution < -0.4 is 10.1 Å². The highest BCUT2D eigenvalue weighted by atomic mass is 32.1. The van der Waals surface area contributed by atoms with Crippen molar-refractivity contribution in [3.8, 4) is 15.6 Å². The summed E-state index contributed by atoms with van der Waals surface area (Å²) in [5.41, 5.74) is 1.13. The van der Waals surface area contributed by atoms with Crippen molar-refractivity contribution in [3.05, 3.63) is 58.4 Å². The lowest BCUT2D eigenvalue weighted by atomic mass is 10.2. The van der Waals surface area contributed by atoms with E-state index in [0.29, 0.717) is 6.54 Å². The lowest BCUT2D eigenvalue weighted by Crippen LogP contribution is -2.35. The van der Waals surface area contributed by atoms with Crippen LogP contribution in [-0.2, 0) is 16.1 Å². The largest absolute Gasteiger partial charge is 0.497 e. The van der Waals surface area contributed by atoms with Gasteiger partial charge in [-0.2, -0.15) is 0 Å². The minimum atomic E-state index is -0.914. The molecule has 0 bridgehead atoms. The van der Waals surface area contributed by atoms with Gasteiger partial charge in [0.15, 0.2) is 11.8 Å². The second-order valence-corrected chi connectivity index (χ2v) is 7.43. The molecule has 27 heavy (non-hydrogen) atoms. The van der Waals surface area contributed by atoms with Gasteiger partial charge in [-0.3, -0.25) is 4.79 Å². The average Bonchev–Trinajstić information content (AvgIpc) is 3.37. The molecule has 0 aliphatic carbocycles. The fourth-order valence-corrected chi connectivity index (χ4v) is 3.84. The molecule has 2 aromatic heterocycles. The molecule has 6 nitrogen and oxygen atoms in total. The van der Waals surface area contributed by atoms with Gasteiger partial charge in [0, 0.05) is 11.9 Å². The first-order chi connectivity index (χ1) is 13.1. The average molecular weight is 402 g/mol. The SMILES string of the molecule is COc1ccc(CNC(=O)[C@H](C)OC(=O)c2csc(-c3cccs3)n2)cc1. The highest BCUT2D eigenvalue weighted by Gasteiger charge is 2.21. The Bertz CT molecular complexity index is 904. The highest BCUT2D eigenvalue weighted by Crippen LogP contribution is 2.28. The molecule has 1 amide bonds. The Morgan fingerprint density at radius 1 is 1.19 bits per heavy atom. The molecule has 1 N–H and O–H groups in total. The Balaban J connectivity index is 1.52. The molecule has 3 aromatic rings. The topological polar surface area (TPSA) is 77.5 Å². The van der Waals surface area contributed by atoms with Gasteiger partial charge in [-0.1, -0.05) is 18.2 Å². The fraction of sp³-hybridized carbons (Fsp3) is 0.211. The van der Waals surface area contributed by atoms with Crippen molar-refractivity contribution in [2.45, 2.75) is 19.6 Å². The summed E-state index contributed by atoms with van der Waals surface area (Å²) in [4.78, 5) is 29.7. The van der Waals surface area contributed by atoms with E-state index in [4.69, 9.17) is 9.47 Å². The molecule has 0 saturated heterocycles. The van der Waals surface area contributed by atoms with Gasteiger partial charge in [0.05, 0.1) is 12.0 Å². The minimum absolute atomic E-state index is 0.207. The first kappa shape index (κ1) is 19.1. The summed E-state index contributed by atoms with van der Waals surface area (Å²) in [6, 6.07) is 11.2. The van der Waals surface area contributed by atoms with Gasteiger partial charge < -0.3 is 14.8 Å². The molecule has 140 valence electrons. The van der Waals surface area contributed by atoms with Crippen molar-refractivity contribution >= 4 is 34.6 Å². The molecule has 0 fully saturated rings. The van der Waals surface area contributed by atoms with Gasteiger partial charge in [-0.25, -0.2) is 9.78 Å². The van der Waals surface area contributed by atoms with Crippen LogP contribution in [0.1, 0.15) is 23.0 Å². The van der Waals surface area contributed by atoms with Crippen LogP contribution in [0.5, 0.6) is 5.75 Å². The van der Waals surface area contributed by atoms with Crippen LogP contribution in [0.3, 0.4) is 0 Å². The van der Waals surface area contributed by atoms with Crippen molar-refractivity contribution in [1.82, 2.24) is 10.3 Å². The molecule has 2 heterocycles. The first-order valence-electron chi connectivity index (χ1n) is 8.18. The number of thiophene rings is 1. The maximum absolute atomic E-state index is 12.2. The molecule has 1 aromatic carbocycles. The molecule has 0 saturated carbocycles. The lowest BCUT2D eigenvalue weighted by molar-refractivity contribution is -0.129. The van der Waals surface area contributed by atoms with E-state index in [1.807, 2.05) is 41.8 Å². The number of methoxy groups -OCH3 is 1. The Labute approximate surface area is 164 Å². The number of hydrogen-bond donors (Lipinski definition) is 1. The van der Waals surface area contributed by atoms with E-state index in [0.717, 1.165) is 21.2 Å². The van der Waals surface area contributed by atoms with Crippen LogP contribution in [0, 0.1) is 0 Å². The number of ether oxygens (including phenoxy) is 2. The number of benzene rings is 1. The Morgan fingerprint density at radius 3 is 2.63 bits per heavy atom. The third-order valence-corrected chi connectivity index (χ3v) is 5.61. The summed E-state index contributed by atoms with van der Waals surface area (Å²) >= 11 is 2.92. The molecule has 0 spiro atoms. The van der Waals surface area contributed by atoms with Crippen molar-refractivity contribution in [1.29, 1.82) is 0 Å². The Morgan fingerprint density at radius 2 is 1.96 bits per heavy atom. The number of carbonyl (C=O) groups is 2. The van der Waals surface area contributed by atoms with E-state index < -0.39 is 12.1 Å². The second kappa shape index (κ2) is 8.79. The number of nitrogens with one attached hydrogen (secondary N) is 1. The Hall–Kier alpha value is -2.71. The maximum Gasteiger partial charge on any atom is 0.358 e. The van der Waals surface area contributed by atoms with Crippen LogP contribution in [-0.4, -0.2) is 30.1 Å². The van der Waals surface area contributed by atoms with E-state index in [2.05, 4.69) is 10.3 Å². The summed E-state index contributed by atoms with van der Waals surface area (Å²) < 4.78 is 10.3. The van der Waals surface area contributed by atoms with E-state index in [1.54, 1.807) is 23.8 Å². The number of nitrogens with zero attached hydrogens (tertiary/aromatic N) is 1. The maximum atomic E-state index is 12.2. The molecule has 8 heteroatoms. The van der Waals surface area contributed by atoms with Gasteiger partial charge in [0.1, 0.15) is 10.8 Å². The van der Waals surface area contributed by atoms with Crippen molar-refractivity contribution < 1.29 is 19.1 Å². The predicted octanol–water partition coefficient (Wildman–Crippen LogP) is 3.74. The van der Waals surface area contributed by atoms with Crippen LogP contribution in [0.25, 0.3) is 9.88 Å². The highest BCUT2D eigenvalue weighted by molar-refractivity contribution is 7.20. The molecular weight excluding hydrogens is 384 g/mol. The number of rotatable bonds is 7. The summed E-state index contributed by atoms with van der Waals surface area (Å²) in [6.45, 7) is 1.87. The monoisotopic (exact) mass is 402 g/mol. The zero-order valence-electron chi connectivity index (χ0n) is 14.8. The van der Waals surface area contributed by atoms with Gasteiger partial charge >= 0.3 is 5.97 Å². The standard InChI is InChI=1S/C19H18N2O4S2/c1-12(17(22)20-10-13-5-7-14(24-2)8-6-13)25-19(23)15-11-27-18(21-15)16-4-3-9-26-16/h3-9,11-12H,10H2,1-2H3,(H,20,22)/t12-/m0/s1. The summed E-state index contributed by atoms with van der Waals surface area (Å²) in [6.07, 6.45) is -0.914.